The molecule has 2 aromatic carbocycles. The molecule has 0 aromatic heterocycles. The fourth-order valence-corrected chi connectivity index (χ4v) is 1.97. The molecule has 0 spiro atoms. The lowest BCUT2D eigenvalue weighted by Crippen LogP contribution is -2.08. The predicted molar refractivity (Wildman–Crippen MR) is 79.6 cm³/mol. The van der Waals surface area contributed by atoms with Crippen LogP contribution in [0.25, 0.3) is 11.1 Å². The molecule has 0 bridgehead atoms. The molecule has 0 fully saturated rings. The minimum atomic E-state index is -0.444. The minimum absolute atomic E-state index is 0.359. The number of thiol groups is 1. The van der Waals surface area contributed by atoms with Crippen molar-refractivity contribution in [1.29, 1.82) is 0 Å². The Hall–Kier alpha value is -2.00. The Kier molecular flexibility index (Phi) is 4.07. The number of benzene rings is 2. The van der Waals surface area contributed by atoms with Crippen LogP contribution in [0.4, 0.5) is 0 Å². The van der Waals surface area contributed by atoms with Crippen LogP contribution >= 0.6 is 12.6 Å². The van der Waals surface area contributed by atoms with Crippen LogP contribution in [0.5, 0.6) is 5.75 Å². The van der Waals surface area contributed by atoms with Gasteiger partial charge in [-0.05, 0) is 24.1 Å². The van der Waals surface area contributed by atoms with Crippen LogP contribution in [-0.4, -0.2) is 5.97 Å². The van der Waals surface area contributed by atoms with Gasteiger partial charge in [0.1, 0.15) is 5.75 Å². The zero-order chi connectivity index (χ0) is 13.8. The quantitative estimate of drug-likeness (QED) is 0.393. The van der Waals surface area contributed by atoms with Gasteiger partial charge in [0.2, 0.25) is 0 Å². The van der Waals surface area contributed by atoms with Crippen LogP contribution in [0.15, 0.2) is 65.6 Å². The molecule has 2 nitrogen and oxygen atoms in total. The second kappa shape index (κ2) is 5.76. The Bertz CT molecular complexity index is 618. The van der Waals surface area contributed by atoms with Gasteiger partial charge >= 0.3 is 5.97 Å². The summed E-state index contributed by atoms with van der Waals surface area (Å²) >= 11 is 4.46. The molecule has 0 aliphatic carbocycles. The van der Waals surface area contributed by atoms with Gasteiger partial charge in [-0.25, -0.2) is 4.79 Å². The molecule has 0 amide bonds. The average molecular weight is 270 g/mol. The van der Waals surface area contributed by atoms with E-state index in [0.717, 1.165) is 11.1 Å². The van der Waals surface area contributed by atoms with Crippen LogP contribution in [0.3, 0.4) is 0 Å². The minimum Gasteiger partial charge on any atom is -0.422 e. The van der Waals surface area contributed by atoms with E-state index in [2.05, 4.69) is 19.2 Å². The fraction of sp³-hybridized carbons (Fsp3) is 0.0625. The van der Waals surface area contributed by atoms with Gasteiger partial charge in [-0.3, -0.25) is 0 Å². The number of hydrogen-bond donors (Lipinski definition) is 1. The number of carbonyl (C=O) groups excluding carboxylic acids is 1. The van der Waals surface area contributed by atoms with Gasteiger partial charge in [0.25, 0.3) is 0 Å². The lowest BCUT2D eigenvalue weighted by molar-refractivity contribution is -0.130. The second-order valence-corrected chi connectivity index (χ2v) is 4.64. The highest BCUT2D eigenvalue weighted by Gasteiger charge is 2.11. The van der Waals surface area contributed by atoms with E-state index in [4.69, 9.17) is 4.74 Å². The molecule has 0 saturated heterocycles. The topological polar surface area (TPSA) is 26.3 Å². The van der Waals surface area contributed by atoms with Crippen molar-refractivity contribution in [2.24, 2.45) is 0 Å². The standard InChI is InChI=1S/C16H14O2S/c1-11(2)16(17)18-14-10-6-9-13(15(14)19)12-7-4-3-5-8-12/h3-10,19H,1H2,2H3. The largest absolute Gasteiger partial charge is 0.422 e. The molecule has 0 unspecified atom stereocenters. The third kappa shape index (κ3) is 3.06. The molecular weight excluding hydrogens is 256 g/mol. The molecule has 0 radical (unpaired) electrons. The maximum absolute atomic E-state index is 11.6. The summed E-state index contributed by atoms with van der Waals surface area (Å²) in [5, 5.41) is 0. The SMILES string of the molecule is C=C(C)C(=O)Oc1cccc(-c2ccccc2)c1S. The maximum Gasteiger partial charge on any atom is 0.338 e. The van der Waals surface area contributed by atoms with Crippen molar-refractivity contribution < 1.29 is 9.53 Å². The molecule has 2 rings (SSSR count). The van der Waals surface area contributed by atoms with Gasteiger partial charge in [-0.15, -0.1) is 12.6 Å². The third-order valence-corrected chi connectivity index (χ3v) is 3.10. The van der Waals surface area contributed by atoms with Crippen LogP contribution in [-0.2, 0) is 4.79 Å². The van der Waals surface area contributed by atoms with Gasteiger partial charge in [0.05, 0.1) is 4.90 Å². The number of rotatable bonds is 3. The van der Waals surface area contributed by atoms with Crippen LogP contribution in [0.2, 0.25) is 0 Å². The van der Waals surface area contributed by atoms with Gasteiger partial charge < -0.3 is 4.74 Å². The van der Waals surface area contributed by atoms with Gasteiger partial charge in [-0.2, -0.15) is 0 Å². The normalized spacial score (nSPS) is 10.0. The summed E-state index contributed by atoms with van der Waals surface area (Å²) in [7, 11) is 0. The summed E-state index contributed by atoms with van der Waals surface area (Å²) < 4.78 is 5.25. The molecule has 0 aliphatic rings. The van der Waals surface area contributed by atoms with E-state index in [0.29, 0.717) is 16.2 Å². The van der Waals surface area contributed by atoms with E-state index in [1.807, 2.05) is 42.5 Å². The molecule has 0 saturated carbocycles. The summed E-state index contributed by atoms with van der Waals surface area (Å²) in [5.74, 6) is -0.00167. The van der Waals surface area contributed by atoms with E-state index in [9.17, 15) is 4.79 Å². The highest BCUT2D eigenvalue weighted by molar-refractivity contribution is 7.80. The second-order valence-electron chi connectivity index (χ2n) is 4.19. The van der Waals surface area contributed by atoms with E-state index in [-0.39, 0.29) is 0 Å². The van der Waals surface area contributed by atoms with Gasteiger partial charge in [-0.1, -0.05) is 49.0 Å². The Morgan fingerprint density at radius 2 is 1.79 bits per heavy atom. The Morgan fingerprint density at radius 1 is 1.11 bits per heavy atom. The Morgan fingerprint density at radius 3 is 2.42 bits per heavy atom. The van der Waals surface area contributed by atoms with Crippen molar-refractivity contribution in [2.75, 3.05) is 0 Å². The first-order chi connectivity index (χ1) is 9.09. The summed E-state index contributed by atoms with van der Waals surface area (Å²) in [6, 6.07) is 15.3. The maximum atomic E-state index is 11.6. The number of ether oxygens (including phenoxy) is 1. The van der Waals surface area contributed by atoms with Crippen molar-refractivity contribution in [3.05, 3.63) is 60.7 Å². The lowest BCUT2D eigenvalue weighted by Gasteiger charge is -2.11. The summed E-state index contributed by atoms with van der Waals surface area (Å²) in [4.78, 5) is 12.2. The van der Waals surface area contributed by atoms with Crippen molar-refractivity contribution in [3.8, 4) is 16.9 Å². The molecular formula is C16H14O2S. The van der Waals surface area contributed by atoms with Crippen molar-refractivity contribution >= 4 is 18.6 Å². The lowest BCUT2D eigenvalue weighted by atomic mass is 10.1. The predicted octanol–water partition coefficient (Wildman–Crippen LogP) is 4.12. The molecule has 3 heteroatoms. The van der Waals surface area contributed by atoms with E-state index in [1.54, 1.807) is 13.0 Å². The first-order valence-corrected chi connectivity index (χ1v) is 6.29. The third-order valence-electron chi connectivity index (χ3n) is 2.63. The van der Waals surface area contributed by atoms with E-state index >= 15 is 0 Å². The Balaban J connectivity index is 2.39. The van der Waals surface area contributed by atoms with Gasteiger partial charge in [0, 0.05) is 5.57 Å². The molecule has 96 valence electrons. The van der Waals surface area contributed by atoms with Crippen LogP contribution < -0.4 is 4.74 Å². The first-order valence-electron chi connectivity index (χ1n) is 5.84. The molecule has 0 aliphatic heterocycles. The zero-order valence-corrected chi connectivity index (χ0v) is 11.5. The van der Waals surface area contributed by atoms with E-state index in [1.165, 1.54) is 0 Å². The highest BCUT2D eigenvalue weighted by Crippen LogP contribution is 2.33. The van der Waals surface area contributed by atoms with Crippen LogP contribution in [0, 0.1) is 0 Å². The first kappa shape index (κ1) is 13.4. The smallest absolute Gasteiger partial charge is 0.338 e. The molecule has 2 aromatic rings. The number of carbonyl (C=O) groups is 1. The fourth-order valence-electron chi connectivity index (χ4n) is 1.64. The number of hydrogen-bond acceptors (Lipinski definition) is 3. The van der Waals surface area contributed by atoms with Crippen molar-refractivity contribution in [1.82, 2.24) is 0 Å². The summed E-state index contributed by atoms with van der Waals surface area (Å²) in [5.41, 5.74) is 2.31. The Labute approximate surface area is 118 Å². The average Bonchev–Trinajstić information content (AvgIpc) is 2.42. The zero-order valence-electron chi connectivity index (χ0n) is 10.6. The molecule has 0 heterocycles. The van der Waals surface area contributed by atoms with Gasteiger partial charge in [0.15, 0.2) is 0 Å². The summed E-state index contributed by atoms with van der Waals surface area (Å²) in [6.07, 6.45) is 0. The summed E-state index contributed by atoms with van der Waals surface area (Å²) in [6.45, 7) is 5.17. The number of esters is 1. The monoisotopic (exact) mass is 270 g/mol. The van der Waals surface area contributed by atoms with E-state index < -0.39 is 5.97 Å². The highest BCUT2D eigenvalue weighted by atomic mass is 32.1. The van der Waals surface area contributed by atoms with Crippen LogP contribution in [0.1, 0.15) is 6.92 Å². The molecule has 19 heavy (non-hydrogen) atoms. The van der Waals surface area contributed by atoms with Crippen molar-refractivity contribution in [2.45, 2.75) is 11.8 Å². The molecule has 0 N–H and O–H groups in total. The molecule has 0 atom stereocenters. The van der Waals surface area contributed by atoms with Crippen molar-refractivity contribution in [3.63, 3.8) is 0 Å².